The molecule has 0 aliphatic rings. The van der Waals surface area contributed by atoms with Crippen molar-refractivity contribution >= 4 is 15.9 Å². The smallest absolute Gasteiger partial charge is 0.268 e. The van der Waals surface area contributed by atoms with Crippen LogP contribution in [0.5, 0.6) is 0 Å². The quantitative estimate of drug-likeness (QED) is 0.935. The van der Waals surface area contributed by atoms with Crippen LogP contribution in [0.4, 0.5) is 0 Å². The molecule has 2 aromatic rings. The van der Waals surface area contributed by atoms with Gasteiger partial charge in [-0.1, -0.05) is 32.9 Å². The van der Waals surface area contributed by atoms with E-state index in [-0.39, 0.29) is 15.9 Å². The van der Waals surface area contributed by atoms with Gasteiger partial charge in [-0.3, -0.25) is 9.48 Å². The number of rotatable bonds is 3. The zero-order chi connectivity index (χ0) is 16.5. The molecule has 1 heterocycles. The van der Waals surface area contributed by atoms with Crippen molar-refractivity contribution in [3.63, 3.8) is 0 Å². The molecule has 0 unspecified atom stereocenters. The van der Waals surface area contributed by atoms with Crippen molar-refractivity contribution in [1.29, 1.82) is 0 Å². The lowest BCUT2D eigenvalue weighted by molar-refractivity contribution is 0.0981. The van der Waals surface area contributed by atoms with E-state index in [1.54, 1.807) is 19.2 Å². The van der Waals surface area contributed by atoms with Crippen molar-refractivity contribution in [3.8, 4) is 0 Å². The second kappa shape index (κ2) is 5.57. The van der Waals surface area contributed by atoms with E-state index in [0.717, 1.165) is 5.56 Å². The molecule has 1 aromatic carbocycles. The molecule has 0 saturated carbocycles. The molecule has 6 nitrogen and oxygen atoms in total. The third-order valence-electron chi connectivity index (χ3n) is 3.22. The lowest BCUT2D eigenvalue weighted by Crippen LogP contribution is -2.30. The number of nitrogens with one attached hydrogen (secondary N) is 1. The van der Waals surface area contributed by atoms with Crippen LogP contribution in [-0.4, -0.2) is 24.1 Å². The van der Waals surface area contributed by atoms with Gasteiger partial charge in [0.25, 0.3) is 15.9 Å². The van der Waals surface area contributed by atoms with Crippen LogP contribution in [0.2, 0.25) is 0 Å². The second-order valence-corrected chi connectivity index (χ2v) is 7.79. The van der Waals surface area contributed by atoms with Crippen molar-refractivity contribution in [1.82, 2.24) is 14.5 Å². The number of hydrogen-bond acceptors (Lipinski definition) is 4. The molecule has 0 spiro atoms. The summed E-state index contributed by atoms with van der Waals surface area (Å²) in [6.07, 6.45) is 2.76. The minimum atomic E-state index is -3.90. The summed E-state index contributed by atoms with van der Waals surface area (Å²) in [7, 11) is -2.25. The second-order valence-electron chi connectivity index (χ2n) is 6.11. The number of sulfonamides is 1. The highest BCUT2D eigenvalue weighted by Gasteiger charge is 2.21. The summed E-state index contributed by atoms with van der Waals surface area (Å²) in [5, 5.41) is 3.84. The Morgan fingerprint density at radius 2 is 1.77 bits per heavy atom. The third-order valence-corrected chi connectivity index (χ3v) is 4.57. The molecule has 0 radical (unpaired) electrons. The zero-order valence-corrected chi connectivity index (χ0v) is 13.8. The van der Waals surface area contributed by atoms with Gasteiger partial charge in [0, 0.05) is 13.2 Å². The van der Waals surface area contributed by atoms with Gasteiger partial charge in [0.05, 0.1) is 16.7 Å². The van der Waals surface area contributed by atoms with Crippen LogP contribution in [0.15, 0.2) is 41.6 Å². The molecule has 0 aliphatic heterocycles. The highest BCUT2D eigenvalue weighted by atomic mass is 32.2. The third kappa shape index (κ3) is 3.54. The standard InChI is InChI=1S/C15H19N3O3S/c1-15(2,3)12-5-7-13(8-6-12)22(20,21)17-14(19)11-9-16-18(4)10-11/h5-10H,1-4H3,(H,17,19). The first kappa shape index (κ1) is 16.2. The lowest BCUT2D eigenvalue weighted by atomic mass is 9.87. The number of benzene rings is 1. The summed E-state index contributed by atoms with van der Waals surface area (Å²) < 4.78 is 27.9. The lowest BCUT2D eigenvalue weighted by Gasteiger charge is -2.19. The average Bonchev–Trinajstić information content (AvgIpc) is 2.84. The maximum absolute atomic E-state index is 12.2. The van der Waals surface area contributed by atoms with Gasteiger partial charge in [-0.15, -0.1) is 0 Å². The first-order chi connectivity index (χ1) is 10.1. The van der Waals surface area contributed by atoms with Crippen LogP contribution >= 0.6 is 0 Å². The van der Waals surface area contributed by atoms with Crippen molar-refractivity contribution in [2.24, 2.45) is 7.05 Å². The largest absolute Gasteiger partial charge is 0.275 e. The Bertz CT molecular complexity index is 784. The predicted molar refractivity (Wildman–Crippen MR) is 83.0 cm³/mol. The van der Waals surface area contributed by atoms with Gasteiger partial charge in [0.1, 0.15) is 0 Å². The Morgan fingerprint density at radius 3 is 2.23 bits per heavy atom. The Labute approximate surface area is 130 Å². The topological polar surface area (TPSA) is 81.1 Å². The van der Waals surface area contributed by atoms with Crippen molar-refractivity contribution < 1.29 is 13.2 Å². The normalized spacial score (nSPS) is 12.2. The maximum Gasteiger partial charge on any atom is 0.268 e. The van der Waals surface area contributed by atoms with Crippen LogP contribution in [-0.2, 0) is 22.5 Å². The molecular weight excluding hydrogens is 302 g/mol. The number of carbonyl (C=O) groups excluding carboxylic acids is 1. The fourth-order valence-electron chi connectivity index (χ4n) is 1.91. The Balaban J connectivity index is 2.22. The first-order valence-electron chi connectivity index (χ1n) is 6.76. The van der Waals surface area contributed by atoms with Crippen LogP contribution in [0, 0.1) is 0 Å². The number of aromatic nitrogens is 2. The van der Waals surface area contributed by atoms with Gasteiger partial charge in [-0.25, -0.2) is 13.1 Å². The van der Waals surface area contributed by atoms with E-state index in [9.17, 15) is 13.2 Å². The van der Waals surface area contributed by atoms with Gasteiger partial charge in [-0.05, 0) is 23.1 Å². The van der Waals surface area contributed by atoms with Gasteiger partial charge in [0.2, 0.25) is 0 Å². The monoisotopic (exact) mass is 321 g/mol. The summed E-state index contributed by atoms with van der Waals surface area (Å²) in [6.45, 7) is 6.13. The molecule has 1 aromatic heterocycles. The first-order valence-corrected chi connectivity index (χ1v) is 8.24. The van der Waals surface area contributed by atoms with Crippen LogP contribution < -0.4 is 4.72 Å². The summed E-state index contributed by atoms with van der Waals surface area (Å²) in [5.41, 5.74) is 1.14. The summed E-state index contributed by atoms with van der Waals surface area (Å²) in [4.78, 5) is 12.0. The molecule has 2 rings (SSSR count). The molecule has 0 fully saturated rings. The molecular formula is C15H19N3O3S. The van der Waals surface area contributed by atoms with Crippen LogP contribution in [0.3, 0.4) is 0 Å². The molecule has 0 atom stereocenters. The fraction of sp³-hybridized carbons (Fsp3) is 0.333. The predicted octanol–water partition coefficient (Wildman–Crippen LogP) is 1.84. The Morgan fingerprint density at radius 1 is 1.18 bits per heavy atom. The minimum absolute atomic E-state index is 0.0535. The average molecular weight is 321 g/mol. The minimum Gasteiger partial charge on any atom is -0.275 e. The van der Waals surface area contributed by atoms with E-state index in [1.807, 2.05) is 25.5 Å². The van der Waals surface area contributed by atoms with Crippen LogP contribution in [0.25, 0.3) is 0 Å². The fourth-order valence-corrected chi connectivity index (χ4v) is 2.89. The number of hydrogen-bond donors (Lipinski definition) is 1. The Kier molecular flexibility index (Phi) is 4.10. The van der Waals surface area contributed by atoms with Gasteiger partial charge >= 0.3 is 0 Å². The van der Waals surface area contributed by atoms with Gasteiger partial charge < -0.3 is 0 Å². The van der Waals surface area contributed by atoms with Gasteiger partial charge in [0.15, 0.2) is 0 Å². The number of carbonyl (C=O) groups is 1. The molecule has 0 aliphatic carbocycles. The van der Waals surface area contributed by atoms with E-state index in [0.29, 0.717) is 0 Å². The Hall–Kier alpha value is -2.15. The number of nitrogens with zero attached hydrogens (tertiary/aromatic N) is 2. The molecule has 1 N–H and O–H groups in total. The molecule has 0 bridgehead atoms. The van der Waals surface area contributed by atoms with E-state index < -0.39 is 15.9 Å². The SMILES string of the molecule is Cn1cc(C(=O)NS(=O)(=O)c2ccc(C(C)(C)C)cc2)cn1. The summed E-state index contributed by atoms with van der Waals surface area (Å²) in [6, 6.07) is 6.51. The molecule has 1 amide bonds. The molecule has 22 heavy (non-hydrogen) atoms. The molecule has 7 heteroatoms. The van der Waals surface area contributed by atoms with Gasteiger partial charge in [-0.2, -0.15) is 5.10 Å². The van der Waals surface area contributed by atoms with Crippen molar-refractivity contribution in [2.75, 3.05) is 0 Å². The van der Waals surface area contributed by atoms with E-state index in [2.05, 4.69) is 5.10 Å². The van der Waals surface area contributed by atoms with Crippen LogP contribution in [0.1, 0.15) is 36.7 Å². The van der Waals surface area contributed by atoms with E-state index in [1.165, 1.54) is 29.2 Å². The number of aryl methyl sites for hydroxylation is 1. The summed E-state index contributed by atoms with van der Waals surface area (Å²) >= 11 is 0. The maximum atomic E-state index is 12.2. The highest BCUT2D eigenvalue weighted by Crippen LogP contribution is 2.23. The van der Waals surface area contributed by atoms with Crippen molar-refractivity contribution in [3.05, 3.63) is 47.8 Å². The molecule has 0 saturated heterocycles. The summed E-state index contributed by atoms with van der Waals surface area (Å²) in [5.74, 6) is -0.701. The highest BCUT2D eigenvalue weighted by molar-refractivity contribution is 7.90. The van der Waals surface area contributed by atoms with Crippen molar-refractivity contribution in [2.45, 2.75) is 31.1 Å². The molecule has 118 valence electrons. The zero-order valence-electron chi connectivity index (χ0n) is 13.0. The van der Waals surface area contributed by atoms with E-state index in [4.69, 9.17) is 0 Å². The van der Waals surface area contributed by atoms with E-state index >= 15 is 0 Å². The number of amides is 1.